The molecule has 0 radical (unpaired) electrons. The van der Waals surface area contributed by atoms with Gasteiger partial charge in [0.15, 0.2) is 0 Å². The summed E-state index contributed by atoms with van der Waals surface area (Å²) in [6, 6.07) is 4.66. The number of hydrogen-bond donors (Lipinski definition) is 1. The van der Waals surface area contributed by atoms with Crippen molar-refractivity contribution < 1.29 is 5.11 Å². The highest BCUT2D eigenvalue weighted by Crippen LogP contribution is 2.25. The number of rotatable bonds is 4. The van der Waals surface area contributed by atoms with Crippen molar-refractivity contribution in [3.8, 4) is 0 Å². The fraction of sp³-hybridized carbons (Fsp3) is 0.692. The molecule has 0 aliphatic heterocycles. The predicted octanol–water partition coefficient (Wildman–Crippen LogP) is 2.87. The Labute approximate surface area is 102 Å². The molecule has 16 heavy (non-hydrogen) atoms. The Morgan fingerprint density at radius 3 is 2.88 bits per heavy atom. The maximum Gasteiger partial charge on any atom is 0.0695 e. The topological polar surface area (TPSA) is 23.5 Å². The van der Waals surface area contributed by atoms with Gasteiger partial charge in [0.05, 0.1) is 6.10 Å². The van der Waals surface area contributed by atoms with Gasteiger partial charge in [-0.25, -0.2) is 0 Å². The minimum absolute atomic E-state index is 0.117. The van der Waals surface area contributed by atoms with Crippen LogP contribution in [0, 0.1) is 0 Å². The van der Waals surface area contributed by atoms with E-state index >= 15 is 0 Å². The van der Waals surface area contributed by atoms with Crippen molar-refractivity contribution in [1.29, 1.82) is 0 Å². The standard InChI is InChI=1S/C13H21NOS/c1-2-14(10-11-6-5-9-16-11)12-7-3-4-8-13(12)15/h5-6,9,12-13,15H,2-4,7-8,10H2,1H3. The van der Waals surface area contributed by atoms with E-state index in [1.807, 2.05) is 11.3 Å². The molecule has 1 N–H and O–H groups in total. The van der Waals surface area contributed by atoms with Crippen LogP contribution >= 0.6 is 11.3 Å². The molecule has 1 aliphatic rings. The molecule has 0 bridgehead atoms. The van der Waals surface area contributed by atoms with E-state index in [2.05, 4.69) is 29.3 Å². The van der Waals surface area contributed by atoms with E-state index < -0.39 is 0 Å². The first-order valence-corrected chi connectivity index (χ1v) is 7.13. The Morgan fingerprint density at radius 1 is 1.44 bits per heavy atom. The second kappa shape index (κ2) is 5.80. The lowest BCUT2D eigenvalue weighted by atomic mass is 9.91. The van der Waals surface area contributed by atoms with Gasteiger partial charge in [-0.3, -0.25) is 4.90 Å². The summed E-state index contributed by atoms with van der Waals surface area (Å²) in [5.74, 6) is 0. The number of hydrogen-bond acceptors (Lipinski definition) is 3. The molecule has 1 saturated carbocycles. The SMILES string of the molecule is CCN(Cc1cccs1)C1CCCCC1O. The third-order valence-electron chi connectivity index (χ3n) is 3.51. The van der Waals surface area contributed by atoms with Crippen LogP contribution in [-0.2, 0) is 6.54 Å². The molecule has 1 aromatic heterocycles. The number of likely N-dealkylation sites (N-methyl/N-ethyl adjacent to an activating group) is 1. The van der Waals surface area contributed by atoms with Crippen LogP contribution in [0.3, 0.4) is 0 Å². The molecular weight excluding hydrogens is 218 g/mol. The lowest BCUT2D eigenvalue weighted by Crippen LogP contribution is -2.44. The maximum atomic E-state index is 10.1. The van der Waals surface area contributed by atoms with Crippen LogP contribution in [0.1, 0.15) is 37.5 Å². The Hall–Kier alpha value is -0.380. The van der Waals surface area contributed by atoms with E-state index in [9.17, 15) is 5.11 Å². The zero-order valence-electron chi connectivity index (χ0n) is 9.93. The molecule has 1 heterocycles. The average molecular weight is 239 g/mol. The van der Waals surface area contributed by atoms with Gasteiger partial charge in [0.25, 0.3) is 0 Å². The van der Waals surface area contributed by atoms with Gasteiger partial charge in [-0.1, -0.05) is 25.8 Å². The fourth-order valence-electron chi connectivity index (χ4n) is 2.58. The summed E-state index contributed by atoms with van der Waals surface area (Å²) in [4.78, 5) is 3.83. The lowest BCUT2D eigenvalue weighted by Gasteiger charge is -2.36. The van der Waals surface area contributed by atoms with E-state index in [0.717, 1.165) is 25.9 Å². The highest BCUT2D eigenvalue weighted by Gasteiger charge is 2.27. The van der Waals surface area contributed by atoms with Crippen LogP contribution in [0.4, 0.5) is 0 Å². The molecule has 2 unspecified atom stereocenters. The molecule has 90 valence electrons. The molecule has 1 aromatic rings. The van der Waals surface area contributed by atoms with Crippen molar-refractivity contribution in [3.63, 3.8) is 0 Å². The molecule has 0 spiro atoms. The first-order valence-electron chi connectivity index (χ1n) is 6.25. The second-order valence-corrected chi connectivity index (χ2v) is 5.59. The molecule has 1 fully saturated rings. The lowest BCUT2D eigenvalue weighted by molar-refractivity contribution is 0.0187. The number of aliphatic hydroxyl groups excluding tert-OH is 1. The quantitative estimate of drug-likeness (QED) is 0.873. The first-order chi connectivity index (χ1) is 7.81. The maximum absolute atomic E-state index is 10.1. The Morgan fingerprint density at radius 2 is 2.25 bits per heavy atom. The van der Waals surface area contributed by atoms with Gasteiger partial charge in [0.2, 0.25) is 0 Å². The molecule has 2 rings (SSSR count). The molecule has 2 nitrogen and oxygen atoms in total. The van der Waals surface area contributed by atoms with Crippen molar-refractivity contribution in [1.82, 2.24) is 4.90 Å². The number of aliphatic hydroxyl groups is 1. The molecule has 0 amide bonds. The zero-order valence-corrected chi connectivity index (χ0v) is 10.7. The van der Waals surface area contributed by atoms with Gasteiger partial charge in [-0.15, -0.1) is 11.3 Å². The minimum atomic E-state index is -0.117. The van der Waals surface area contributed by atoms with E-state index in [0.29, 0.717) is 6.04 Å². The van der Waals surface area contributed by atoms with E-state index in [1.54, 1.807) is 0 Å². The Kier molecular flexibility index (Phi) is 4.38. The predicted molar refractivity (Wildman–Crippen MR) is 68.7 cm³/mol. The van der Waals surface area contributed by atoms with Crippen LogP contribution in [0.15, 0.2) is 17.5 Å². The summed E-state index contributed by atoms with van der Waals surface area (Å²) in [6.07, 6.45) is 4.47. The van der Waals surface area contributed by atoms with Crippen molar-refractivity contribution in [2.24, 2.45) is 0 Å². The molecule has 2 atom stereocenters. The number of thiophene rings is 1. The Bertz CT molecular complexity index is 299. The van der Waals surface area contributed by atoms with E-state index in [4.69, 9.17) is 0 Å². The highest BCUT2D eigenvalue weighted by atomic mass is 32.1. The zero-order chi connectivity index (χ0) is 11.4. The number of nitrogens with zero attached hydrogens (tertiary/aromatic N) is 1. The van der Waals surface area contributed by atoms with E-state index in [-0.39, 0.29) is 6.10 Å². The van der Waals surface area contributed by atoms with Crippen LogP contribution in [0.2, 0.25) is 0 Å². The highest BCUT2D eigenvalue weighted by molar-refractivity contribution is 7.09. The monoisotopic (exact) mass is 239 g/mol. The van der Waals surface area contributed by atoms with Gasteiger partial charge in [0, 0.05) is 17.5 Å². The van der Waals surface area contributed by atoms with Gasteiger partial charge >= 0.3 is 0 Å². The Balaban J connectivity index is 1.98. The van der Waals surface area contributed by atoms with Gasteiger partial charge in [-0.2, -0.15) is 0 Å². The molecule has 1 aliphatic carbocycles. The summed E-state index contributed by atoms with van der Waals surface area (Å²) < 4.78 is 0. The normalized spacial score (nSPS) is 26.2. The van der Waals surface area contributed by atoms with Gasteiger partial charge < -0.3 is 5.11 Å². The summed E-state index contributed by atoms with van der Waals surface area (Å²) in [6.45, 7) is 4.21. The second-order valence-electron chi connectivity index (χ2n) is 4.56. The third-order valence-corrected chi connectivity index (χ3v) is 4.37. The minimum Gasteiger partial charge on any atom is -0.391 e. The molecule has 0 saturated heterocycles. The van der Waals surface area contributed by atoms with Crippen molar-refractivity contribution in [2.45, 2.75) is 51.3 Å². The van der Waals surface area contributed by atoms with Crippen LogP contribution in [0.25, 0.3) is 0 Å². The van der Waals surface area contributed by atoms with Crippen LogP contribution in [-0.4, -0.2) is 28.7 Å². The summed E-state index contributed by atoms with van der Waals surface area (Å²) >= 11 is 1.81. The van der Waals surface area contributed by atoms with Crippen molar-refractivity contribution in [3.05, 3.63) is 22.4 Å². The largest absolute Gasteiger partial charge is 0.391 e. The smallest absolute Gasteiger partial charge is 0.0695 e. The molecular formula is C13H21NOS. The van der Waals surface area contributed by atoms with Crippen molar-refractivity contribution >= 4 is 11.3 Å². The van der Waals surface area contributed by atoms with Crippen molar-refractivity contribution in [2.75, 3.05) is 6.54 Å². The first kappa shape index (κ1) is 12.1. The summed E-state index contributed by atoms with van der Waals surface area (Å²) in [7, 11) is 0. The van der Waals surface area contributed by atoms with Gasteiger partial charge in [0.1, 0.15) is 0 Å². The molecule has 0 aromatic carbocycles. The summed E-state index contributed by atoms with van der Waals surface area (Å²) in [5, 5.41) is 12.2. The molecule has 3 heteroatoms. The third kappa shape index (κ3) is 2.84. The van der Waals surface area contributed by atoms with Gasteiger partial charge in [-0.05, 0) is 30.8 Å². The average Bonchev–Trinajstić information content (AvgIpc) is 2.80. The summed E-state index contributed by atoms with van der Waals surface area (Å²) in [5.41, 5.74) is 0. The van der Waals surface area contributed by atoms with E-state index in [1.165, 1.54) is 17.7 Å². The fourth-order valence-corrected chi connectivity index (χ4v) is 3.31. The van der Waals surface area contributed by atoms with Crippen LogP contribution < -0.4 is 0 Å². The van der Waals surface area contributed by atoms with Crippen LogP contribution in [0.5, 0.6) is 0 Å².